The third-order valence-corrected chi connectivity index (χ3v) is 5.86. The van der Waals surface area contributed by atoms with E-state index in [1.54, 1.807) is 26.0 Å². The number of nitrogens with zero attached hydrogens (tertiary/aromatic N) is 1. The predicted octanol–water partition coefficient (Wildman–Crippen LogP) is -0.712. The number of carbonyl (C=O) groups excluding carboxylic acids is 3. The molecule has 0 aliphatic rings. The third-order valence-electron chi connectivity index (χ3n) is 5.86. The van der Waals surface area contributed by atoms with Gasteiger partial charge in [0, 0.05) is 31.2 Å². The van der Waals surface area contributed by atoms with E-state index < -0.39 is 59.7 Å². The number of aromatic amines is 1. The van der Waals surface area contributed by atoms with E-state index in [0.29, 0.717) is 11.3 Å². The number of benzene rings is 1. The van der Waals surface area contributed by atoms with Gasteiger partial charge in [-0.1, -0.05) is 26.0 Å². The molecule has 9 N–H and O–H groups in total. The van der Waals surface area contributed by atoms with Gasteiger partial charge in [0.05, 0.1) is 12.4 Å². The minimum absolute atomic E-state index is 0.00360. The predicted molar refractivity (Wildman–Crippen MR) is 137 cm³/mol. The quantitative estimate of drug-likeness (QED) is 0.140. The van der Waals surface area contributed by atoms with E-state index in [9.17, 15) is 34.2 Å². The zero-order valence-electron chi connectivity index (χ0n) is 21.6. The maximum Gasteiger partial charge on any atom is 0.326 e. The maximum absolute atomic E-state index is 13.2. The summed E-state index contributed by atoms with van der Waals surface area (Å²) in [7, 11) is 0. The zero-order valence-corrected chi connectivity index (χ0v) is 21.6. The highest BCUT2D eigenvalue weighted by atomic mass is 16.4. The largest absolute Gasteiger partial charge is 0.508 e. The van der Waals surface area contributed by atoms with Gasteiger partial charge < -0.3 is 42.0 Å². The Kier molecular flexibility index (Phi) is 11.4. The zero-order chi connectivity index (χ0) is 29.1. The maximum atomic E-state index is 13.2. The monoisotopic (exact) mass is 546 g/mol. The van der Waals surface area contributed by atoms with E-state index in [2.05, 4.69) is 25.9 Å². The first-order valence-corrected chi connectivity index (χ1v) is 12.2. The average Bonchev–Trinajstić information content (AvgIpc) is 3.38. The Balaban J connectivity index is 2.21. The Labute approximate surface area is 224 Å². The fourth-order valence-electron chi connectivity index (χ4n) is 3.63. The molecule has 3 amide bonds. The first-order chi connectivity index (χ1) is 18.4. The summed E-state index contributed by atoms with van der Waals surface area (Å²) in [6, 6.07) is 1.04. The van der Waals surface area contributed by atoms with E-state index in [-0.39, 0.29) is 31.4 Å². The molecule has 39 heavy (non-hydrogen) atoms. The van der Waals surface area contributed by atoms with Crippen molar-refractivity contribution in [3.63, 3.8) is 0 Å². The molecule has 1 heterocycles. The summed E-state index contributed by atoms with van der Waals surface area (Å²) in [5.41, 5.74) is 6.80. The molecule has 0 radical (unpaired) electrons. The van der Waals surface area contributed by atoms with E-state index in [1.807, 2.05) is 0 Å². The van der Waals surface area contributed by atoms with E-state index in [1.165, 1.54) is 24.7 Å². The van der Waals surface area contributed by atoms with Crippen molar-refractivity contribution in [1.82, 2.24) is 25.9 Å². The summed E-state index contributed by atoms with van der Waals surface area (Å²) >= 11 is 0. The van der Waals surface area contributed by atoms with Crippen molar-refractivity contribution < 1.29 is 39.3 Å². The Hall–Kier alpha value is -4.46. The van der Waals surface area contributed by atoms with Crippen LogP contribution in [0.3, 0.4) is 0 Å². The van der Waals surface area contributed by atoms with Crippen LogP contribution in [0, 0.1) is 5.92 Å². The van der Waals surface area contributed by atoms with Crippen LogP contribution in [0.25, 0.3) is 0 Å². The first-order valence-electron chi connectivity index (χ1n) is 12.2. The molecule has 4 atom stereocenters. The molecule has 14 nitrogen and oxygen atoms in total. The number of nitrogens with one attached hydrogen (secondary N) is 4. The Morgan fingerprint density at radius 3 is 2.10 bits per heavy atom. The highest BCUT2D eigenvalue weighted by Crippen LogP contribution is 2.13. The molecule has 0 saturated heterocycles. The number of carboxylic acids is 2. The molecule has 212 valence electrons. The third kappa shape index (κ3) is 10.1. The molecule has 0 aliphatic heterocycles. The van der Waals surface area contributed by atoms with Crippen LogP contribution in [0.4, 0.5) is 0 Å². The van der Waals surface area contributed by atoms with Crippen molar-refractivity contribution in [2.75, 3.05) is 0 Å². The Morgan fingerprint density at radius 1 is 0.923 bits per heavy atom. The lowest BCUT2D eigenvalue weighted by molar-refractivity contribution is -0.142. The van der Waals surface area contributed by atoms with Crippen LogP contribution < -0.4 is 21.7 Å². The van der Waals surface area contributed by atoms with E-state index in [4.69, 9.17) is 10.8 Å². The van der Waals surface area contributed by atoms with Gasteiger partial charge in [0.15, 0.2) is 0 Å². The van der Waals surface area contributed by atoms with E-state index >= 15 is 0 Å². The number of nitrogens with two attached hydrogens (primary N) is 1. The molecule has 2 aromatic rings. The Bertz CT molecular complexity index is 1140. The number of hydrogen-bond donors (Lipinski definition) is 8. The smallest absolute Gasteiger partial charge is 0.326 e. The number of aromatic hydroxyl groups is 1. The van der Waals surface area contributed by atoms with Gasteiger partial charge in [0.25, 0.3) is 0 Å². The number of amides is 3. The number of rotatable bonds is 15. The standard InChI is InChI=1S/C25H34N6O8/c1-13(2)21(31-22(35)17(26)7-8-20(33)34)24(37)29-18(9-14-3-5-16(32)6-4-14)23(36)30-19(25(38)39)10-15-11-27-12-28-15/h3-6,11-13,17-19,21,32H,7-10,26H2,1-2H3,(H,27,28)(H,29,37)(H,30,36)(H,31,35)(H,33,34)(H,38,39). The van der Waals surface area contributed by atoms with Gasteiger partial charge in [-0.05, 0) is 30.0 Å². The average molecular weight is 547 g/mol. The lowest BCUT2D eigenvalue weighted by atomic mass is 10.00. The van der Waals surface area contributed by atoms with Crippen molar-refractivity contribution in [2.24, 2.45) is 11.7 Å². The van der Waals surface area contributed by atoms with Crippen LogP contribution in [0.2, 0.25) is 0 Å². The van der Waals surface area contributed by atoms with Crippen molar-refractivity contribution in [1.29, 1.82) is 0 Å². The molecular formula is C25H34N6O8. The summed E-state index contributed by atoms with van der Waals surface area (Å²) in [5, 5.41) is 35.5. The van der Waals surface area contributed by atoms with Crippen molar-refractivity contribution in [3.8, 4) is 5.75 Å². The van der Waals surface area contributed by atoms with Gasteiger partial charge in [-0.15, -0.1) is 0 Å². The van der Waals surface area contributed by atoms with Crippen LogP contribution in [0.1, 0.15) is 37.9 Å². The second-order valence-corrected chi connectivity index (χ2v) is 9.38. The molecule has 2 rings (SSSR count). The number of imidazole rings is 1. The minimum Gasteiger partial charge on any atom is -0.508 e. The second-order valence-electron chi connectivity index (χ2n) is 9.38. The van der Waals surface area contributed by atoms with Crippen molar-refractivity contribution in [3.05, 3.63) is 48.0 Å². The molecule has 1 aromatic carbocycles. The lowest BCUT2D eigenvalue weighted by Gasteiger charge is -2.27. The van der Waals surface area contributed by atoms with Gasteiger partial charge in [0.1, 0.15) is 23.9 Å². The molecule has 0 fully saturated rings. The molecule has 0 spiro atoms. The summed E-state index contributed by atoms with van der Waals surface area (Å²) < 4.78 is 0. The molecule has 0 bridgehead atoms. The number of H-pyrrole nitrogens is 1. The van der Waals surface area contributed by atoms with Crippen LogP contribution in [-0.4, -0.2) is 79.1 Å². The molecular weight excluding hydrogens is 512 g/mol. The summed E-state index contributed by atoms with van der Waals surface area (Å²) in [4.78, 5) is 68.2. The van der Waals surface area contributed by atoms with Gasteiger partial charge >= 0.3 is 11.9 Å². The SMILES string of the molecule is CC(C)C(NC(=O)C(N)CCC(=O)O)C(=O)NC(Cc1ccc(O)cc1)C(=O)NC(Cc1cnc[nH]1)C(=O)O. The molecule has 4 unspecified atom stereocenters. The summed E-state index contributed by atoms with van der Waals surface area (Å²) in [6.07, 6.45) is 2.20. The lowest BCUT2D eigenvalue weighted by Crippen LogP contribution is -2.59. The number of phenolic OH excluding ortho intramolecular Hbond substituents is 1. The van der Waals surface area contributed by atoms with Gasteiger partial charge in [-0.25, -0.2) is 9.78 Å². The van der Waals surface area contributed by atoms with Crippen molar-refractivity contribution >= 4 is 29.7 Å². The van der Waals surface area contributed by atoms with Crippen LogP contribution in [-0.2, 0) is 36.8 Å². The first kappa shape index (κ1) is 30.8. The highest BCUT2D eigenvalue weighted by molar-refractivity contribution is 5.94. The molecule has 0 saturated carbocycles. The molecule has 0 aliphatic carbocycles. The van der Waals surface area contributed by atoms with Crippen LogP contribution in [0.5, 0.6) is 5.75 Å². The van der Waals surface area contributed by atoms with Gasteiger partial charge in [0.2, 0.25) is 17.7 Å². The van der Waals surface area contributed by atoms with E-state index in [0.717, 1.165) is 0 Å². The fraction of sp³-hybridized carbons (Fsp3) is 0.440. The normalized spacial score (nSPS) is 14.1. The number of aliphatic carboxylic acids is 2. The van der Waals surface area contributed by atoms with Crippen molar-refractivity contribution in [2.45, 2.75) is 63.7 Å². The number of carboxylic acid groups (broad SMARTS) is 2. The fourth-order valence-corrected chi connectivity index (χ4v) is 3.63. The Morgan fingerprint density at radius 2 is 1.56 bits per heavy atom. The van der Waals surface area contributed by atoms with Crippen LogP contribution in [0.15, 0.2) is 36.8 Å². The van der Waals surface area contributed by atoms with Crippen LogP contribution >= 0.6 is 0 Å². The number of aromatic nitrogens is 2. The number of phenols is 1. The molecule has 14 heteroatoms. The topological polar surface area (TPSA) is 237 Å². The summed E-state index contributed by atoms with van der Waals surface area (Å²) in [6.45, 7) is 3.32. The van der Waals surface area contributed by atoms with Gasteiger partial charge in [-0.2, -0.15) is 0 Å². The second kappa shape index (κ2) is 14.5. The van der Waals surface area contributed by atoms with Gasteiger partial charge in [-0.3, -0.25) is 19.2 Å². The number of hydrogen-bond acceptors (Lipinski definition) is 8. The highest BCUT2D eigenvalue weighted by Gasteiger charge is 2.32. The molecule has 1 aromatic heterocycles. The minimum atomic E-state index is -1.33. The summed E-state index contributed by atoms with van der Waals surface area (Å²) in [5.74, 6) is -5.09. The number of carbonyl (C=O) groups is 5.